The molecule has 0 fully saturated rings. The van der Waals surface area contributed by atoms with Crippen LogP contribution in [0.1, 0.15) is 43.0 Å². The van der Waals surface area contributed by atoms with Gasteiger partial charge < -0.3 is 9.88 Å². The van der Waals surface area contributed by atoms with E-state index in [0.717, 1.165) is 36.2 Å². The van der Waals surface area contributed by atoms with E-state index in [1.54, 1.807) is 0 Å². The maximum absolute atomic E-state index is 5.91. The normalized spacial score (nSPS) is 15.9. The molecule has 4 nitrogen and oxygen atoms in total. The summed E-state index contributed by atoms with van der Waals surface area (Å²) in [5.41, 5.74) is 1.23. The molecule has 106 valence electrons. The first-order chi connectivity index (χ1) is 9.74. The Bertz CT molecular complexity index is 576. The second kappa shape index (κ2) is 5.94. The largest absolute Gasteiger partial charge is 0.314 e. The number of hydrogen-bond acceptors (Lipinski definition) is 3. The zero-order valence-electron chi connectivity index (χ0n) is 11.6. The zero-order valence-corrected chi connectivity index (χ0v) is 12.4. The summed E-state index contributed by atoms with van der Waals surface area (Å²) in [5, 5.41) is 12.9. The lowest BCUT2D eigenvalue weighted by atomic mass is 10.1. The zero-order chi connectivity index (χ0) is 13.9. The molecule has 3 rings (SSSR count). The predicted octanol–water partition coefficient (Wildman–Crippen LogP) is 3.12. The van der Waals surface area contributed by atoms with Crippen LogP contribution in [0.5, 0.6) is 0 Å². The molecule has 0 amide bonds. The fourth-order valence-electron chi connectivity index (χ4n) is 2.61. The van der Waals surface area contributed by atoms with E-state index in [-0.39, 0.29) is 6.04 Å². The molecule has 1 N–H and O–H groups in total. The maximum Gasteiger partial charge on any atom is 0.147 e. The van der Waals surface area contributed by atoms with Crippen LogP contribution in [0.15, 0.2) is 24.3 Å². The molecule has 0 radical (unpaired) electrons. The lowest BCUT2D eigenvalue weighted by Crippen LogP contribution is -2.22. The monoisotopic (exact) mass is 290 g/mol. The highest BCUT2D eigenvalue weighted by Gasteiger charge is 2.16. The first-order valence-electron chi connectivity index (χ1n) is 7.14. The van der Waals surface area contributed by atoms with E-state index in [0.29, 0.717) is 0 Å². The molecule has 20 heavy (non-hydrogen) atoms. The van der Waals surface area contributed by atoms with Crippen molar-refractivity contribution in [2.75, 3.05) is 0 Å². The van der Waals surface area contributed by atoms with Gasteiger partial charge in [0.05, 0.1) is 6.54 Å². The van der Waals surface area contributed by atoms with Crippen LogP contribution in [0.2, 0.25) is 5.02 Å². The van der Waals surface area contributed by atoms with Gasteiger partial charge in [0, 0.05) is 24.0 Å². The van der Waals surface area contributed by atoms with E-state index in [1.807, 2.05) is 12.1 Å². The summed E-state index contributed by atoms with van der Waals surface area (Å²) >= 11 is 5.91. The molecule has 1 aromatic carbocycles. The molecule has 1 aliphatic rings. The van der Waals surface area contributed by atoms with Crippen molar-refractivity contribution in [3.05, 3.63) is 46.5 Å². The van der Waals surface area contributed by atoms with Crippen LogP contribution in [-0.2, 0) is 19.5 Å². The minimum Gasteiger partial charge on any atom is -0.314 e. The van der Waals surface area contributed by atoms with Crippen LogP contribution < -0.4 is 5.32 Å². The van der Waals surface area contributed by atoms with Gasteiger partial charge >= 0.3 is 0 Å². The highest BCUT2D eigenvalue weighted by molar-refractivity contribution is 6.30. The van der Waals surface area contributed by atoms with Crippen molar-refractivity contribution in [1.82, 2.24) is 20.1 Å². The number of nitrogens with one attached hydrogen (secondary N) is 1. The van der Waals surface area contributed by atoms with Gasteiger partial charge in [-0.3, -0.25) is 0 Å². The standard InChI is InChI=1S/C15H19ClN4/c1-11(12-5-7-13(16)8-6-12)17-10-15-19-18-14-4-2-3-9-20(14)15/h5-8,11,17H,2-4,9-10H2,1H3/t11-/m1/s1. The third kappa shape index (κ3) is 2.86. The van der Waals surface area contributed by atoms with Gasteiger partial charge in [-0.15, -0.1) is 10.2 Å². The molecule has 0 bridgehead atoms. The summed E-state index contributed by atoms with van der Waals surface area (Å²) in [6.45, 7) is 3.95. The summed E-state index contributed by atoms with van der Waals surface area (Å²) in [7, 11) is 0. The van der Waals surface area contributed by atoms with Gasteiger partial charge in [-0.05, 0) is 37.5 Å². The summed E-state index contributed by atoms with van der Waals surface area (Å²) in [6.07, 6.45) is 3.51. The lowest BCUT2D eigenvalue weighted by Gasteiger charge is -2.17. The van der Waals surface area contributed by atoms with Gasteiger partial charge in [0.25, 0.3) is 0 Å². The number of aromatic nitrogens is 3. The fourth-order valence-corrected chi connectivity index (χ4v) is 2.74. The number of halogens is 1. The number of fused-ring (bicyclic) bond motifs is 1. The summed E-state index contributed by atoms with van der Waals surface area (Å²) in [4.78, 5) is 0. The Morgan fingerprint density at radius 2 is 2.05 bits per heavy atom. The molecule has 2 aromatic rings. The predicted molar refractivity (Wildman–Crippen MR) is 79.7 cm³/mol. The maximum atomic E-state index is 5.91. The quantitative estimate of drug-likeness (QED) is 0.941. The van der Waals surface area contributed by atoms with Crippen molar-refractivity contribution in [1.29, 1.82) is 0 Å². The highest BCUT2D eigenvalue weighted by atomic mass is 35.5. The molecule has 2 heterocycles. The molecular weight excluding hydrogens is 272 g/mol. The molecule has 5 heteroatoms. The van der Waals surface area contributed by atoms with Gasteiger partial charge in [-0.25, -0.2) is 0 Å². The Labute approximate surface area is 124 Å². The summed E-state index contributed by atoms with van der Waals surface area (Å²) < 4.78 is 2.26. The molecular formula is C15H19ClN4. The van der Waals surface area contributed by atoms with E-state index in [1.165, 1.54) is 18.4 Å². The second-order valence-electron chi connectivity index (χ2n) is 5.30. The van der Waals surface area contributed by atoms with Gasteiger partial charge in [-0.2, -0.15) is 0 Å². The van der Waals surface area contributed by atoms with Crippen molar-refractivity contribution >= 4 is 11.6 Å². The van der Waals surface area contributed by atoms with Gasteiger partial charge in [0.15, 0.2) is 0 Å². The van der Waals surface area contributed by atoms with Crippen molar-refractivity contribution in [3.63, 3.8) is 0 Å². The Kier molecular flexibility index (Phi) is 4.03. The van der Waals surface area contributed by atoms with Crippen LogP contribution in [0.3, 0.4) is 0 Å². The average Bonchev–Trinajstić information content (AvgIpc) is 2.89. The lowest BCUT2D eigenvalue weighted by molar-refractivity contribution is 0.484. The minimum absolute atomic E-state index is 0.267. The van der Waals surface area contributed by atoms with E-state index >= 15 is 0 Å². The average molecular weight is 291 g/mol. The molecule has 0 saturated heterocycles. The molecule has 0 saturated carbocycles. The van der Waals surface area contributed by atoms with Crippen molar-refractivity contribution < 1.29 is 0 Å². The molecule has 1 aliphatic heterocycles. The summed E-state index contributed by atoms with van der Waals surface area (Å²) in [6, 6.07) is 8.23. The van der Waals surface area contributed by atoms with Crippen molar-refractivity contribution in [2.45, 2.75) is 45.3 Å². The van der Waals surface area contributed by atoms with Gasteiger partial charge in [-0.1, -0.05) is 23.7 Å². The van der Waals surface area contributed by atoms with Crippen molar-refractivity contribution in [2.24, 2.45) is 0 Å². The van der Waals surface area contributed by atoms with Crippen LogP contribution in [0.25, 0.3) is 0 Å². The van der Waals surface area contributed by atoms with E-state index in [4.69, 9.17) is 11.6 Å². The molecule has 1 aromatic heterocycles. The van der Waals surface area contributed by atoms with Crippen LogP contribution in [0.4, 0.5) is 0 Å². The van der Waals surface area contributed by atoms with Crippen molar-refractivity contribution in [3.8, 4) is 0 Å². The summed E-state index contributed by atoms with van der Waals surface area (Å²) in [5.74, 6) is 2.17. The first-order valence-corrected chi connectivity index (χ1v) is 7.51. The van der Waals surface area contributed by atoms with Crippen LogP contribution >= 0.6 is 11.6 Å². The Morgan fingerprint density at radius 3 is 2.85 bits per heavy atom. The molecule has 1 atom stereocenters. The minimum atomic E-state index is 0.267. The Hall–Kier alpha value is -1.39. The van der Waals surface area contributed by atoms with E-state index < -0.39 is 0 Å². The van der Waals surface area contributed by atoms with Crippen LogP contribution in [-0.4, -0.2) is 14.8 Å². The number of rotatable bonds is 4. The first kappa shape index (κ1) is 13.6. The SMILES string of the molecule is C[C@@H](NCc1nnc2n1CCCC2)c1ccc(Cl)cc1. The number of nitrogens with zero attached hydrogens (tertiary/aromatic N) is 3. The highest BCUT2D eigenvalue weighted by Crippen LogP contribution is 2.18. The smallest absolute Gasteiger partial charge is 0.147 e. The van der Waals surface area contributed by atoms with Crippen LogP contribution in [0, 0.1) is 0 Å². The third-order valence-electron chi connectivity index (χ3n) is 3.87. The molecule has 0 unspecified atom stereocenters. The number of aryl methyl sites for hydroxylation is 1. The topological polar surface area (TPSA) is 42.7 Å². The molecule has 0 aliphatic carbocycles. The Morgan fingerprint density at radius 1 is 1.25 bits per heavy atom. The van der Waals surface area contributed by atoms with E-state index in [9.17, 15) is 0 Å². The fraction of sp³-hybridized carbons (Fsp3) is 0.467. The van der Waals surface area contributed by atoms with Gasteiger partial charge in [0.2, 0.25) is 0 Å². The number of benzene rings is 1. The van der Waals surface area contributed by atoms with Gasteiger partial charge in [0.1, 0.15) is 11.6 Å². The van der Waals surface area contributed by atoms with E-state index in [2.05, 4.69) is 39.1 Å². The molecule has 0 spiro atoms. The third-order valence-corrected chi connectivity index (χ3v) is 4.12. The Balaban J connectivity index is 1.64. The second-order valence-corrected chi connectivity index (χ2v) is 5.73. The number of hydrogen-bond donors (Lipinski definition) is 1.